The fraction of sp³-hybridized carbons (Fsp3) is 0.947. The van der Waals surface area contributed by atoms with Gasteiger partial charge >= 0.3 is 5.97 Å². The number of carbonyl (C=O) groups excluding carboxylic acids is 1. The Kier molecular flexibility index (Phi) is 22.6. The fourth-order valence-corrected chi connectivity index (χ4v) is 2.05. The van der Waals surface area contributed by atoms with E-state index in [1.165, 1.54) is 6.42 Å². The molecule has 27 heavy (non-hydrogen) atoms. The van der Waals surface area contributed by atoms with Gasteiger partial charge in [-0.1, -0.05) is 26.2 Å². The molecule has 0 saturated heterocycles. The van der Waals surface area contributed by atoms with Crippen molar-refractivity contribution in [2.45, 2.75) is 39.0 Å². The van der Waals surface area contributed by atoms with Crippen LogP contribution in [0.2, 0.25) is 0 Å². The first-order valence-electron chi connectivity index (χ1n) is 10.1. The largest absolute Gasteiger partial charge is 0.463 e. The molecule has 8 nitrogen and oxygen atoms in total. The van der Waals surface area contributed by atoms with Crippen LogP contribution in [0.3, 0.4) is 0 Å². The number of nitrogens with two attached hydrogens (primary N) is 1. The molecule has 0 amide bonds. The van der Waals surface area contributed by atoms with Crippen molar-refractivity contribution < 1.29 is 33.2 Å². The molecule has 0 heterocycles. The van der Waals surface area contributed by atoms with Crippen LogP contribution in [-0.2, 0) is 33.2 Å². The summed E-state index contributed by atoms with van der Waals surface area (Å²) in [6.45, 7) is 8.08. The molecule has 0 aromatic rings. The van der Waals surface area contributed by atoms with Gasteiger partial charge in [-0.2, -0.15) is 0 Å². The molecule has 0 aliphatic heterocycles. The Balaban J connectivity index is 3.07. The van der Waals surface area contributed by atoms with Gasteiger partial charge in [-0.3, -0.25) is 4.79 Å². The Hall–Kier alpha value is -0.770. The molecule has 2 N–H and O–H groups in total. The summed E-state index contributed by atoms with van der Waals surface area (Å²) in [6, 6.07) is 0. The van der Waals surface area contributed by atoms with Crippen LogP contribution < -0.4 is 5.73 Å². The summed E-state index contributed by atoms with van der Waals surface area (Å²) in [5, 5.41) is 0. The molecule has 0 aliphatic carbocycles. The molecule has 0 unspecified atom stereocenters. The zero-order valence-electron chi connectivity index (χ0n) is 17.0. The van der Waals surface area contributed by atoms with Gasteiger partial charge in [0.15, 0.2) is 0 Å². The molecule has 0 atom stereocenters. The summed E-state index contributed by atoms with van der Waals surface area (Å²) in [6.07, 6.45) is 4.81. The van der Waals surface area contributed by atoms with Crippen LogP contribution in [0.25, 0.3) is 0 Å². The number of hydrogen-bond donors (Lipinski definition) is 1. The summed E-state index contributed by atoms with van der Waals surface area (Å²) in [5.74, 6) is -0.143. The zero-order chi connectivity index (χ0) is 19.8. The number of hydrogen-bond acceptors (Lipinski definition) is 8. The number of unbranched alkanes of at least 4 members (excludes halogenated alkanes) is 3. The van der Waals surface area contributed by atoms with Crippen molar-refractivity contribution in [3.05, 3.63) is 0 Å². The molecule has 0 aromatic heterocycles. The minimum atomic E-state index is -0.143. The van der Waals surface area contributed by atoms with E-state index in [-0.39, 0.29) is 5.97 Å². The Morgan fingerprint density at radius 3 is 1.52 bits per heavy atom. The van der Waals surface area contributed by atoms with Crippen LogP contribution in [0.4, 0.5) is 0 Å². The summed E-state index contributed by atoms with van der Waals surface area (Å²) >= 11 is 0. The van der Waals surface area contributed by atoms with Crippen LogP contribution in [-0.4, -0.2) is 85.2 Å². The highest BCUT2D eigenvalue weighted by Crippen LogP contribution is 2.03. The monoisotopic (exact) mass is 393 g/mol. The number of ether oxygens (including phenoxy) is 6. The van der Waals surface area contributed by atoms with E-state index >= 15 is 0 Å². The van der Waals surface area contributed by atoms with Crippen LogP contribution in [0.1, 0.15) is 39.0 Å². The molecule has 0 rings (SSSR count). The maximum absolute atomic E-state index is 11.4. The first-order chi connectivity index (χ1) is 13.3. The molecule has 0 bridgehead atoms. The Labute approximate surface area is 163 Å². The second-order valence-electron chi connectivity index (χ2n) is 5.88. The molecule has 0 saturated carbocycles. The smallest absolute Gasteiger partial charge is 0.305 e. The number of esters is 1. The van der Waals surface area contributed by atoms with Crippen molar-refractivity contribution in [2.24, 2.45) is 5.73 Å². The highest BCUT2D eigenvalue weighted by molar-refractivity contribution is 5.69. The fourth-order valence-electron chi connectivity index (χ4n) is 2.05. The van der Waals surface area contributed by atoms with Crippen molar-refractivity contribution in [2.75, 3.05) is 79.2 Å². The van der Waals surface area contributed by atoms with Crippen molar-refractivity contribution in [3.63, 3.8) is 0 Å². The molecule has 0 spiro atoms. The standard InChI is InChI=1S/C19H39NO7/c1-2-3-4-5-6-19(21)27-18-17-26-16-15-25-14-13-24-12-11-23-10-9-22-8-7-20/h2-18,20H2,1H3. The third-order valence-corrected chi connectivity index (χ3v) is 3.48. The van der Waals surface area contributed by atoms with Gasteiger partial charge in [-0.15, -0.1) is 0 Å². The van der Waals surface area contributed by atoms with Gasteiger partial charge in [0, 0.05) is 13.0 Å². The third-order valence-electron chi connectivity index (χ3n) is 3.48. The predicted molar refractivity (Wildman–Crippen MR) is 103 cm³/mol. The first kappa shape index (κ1) is 26.2. The molecule has 162 valence electrons. The second-order valence-corrected chi connectivity index (χ2v) is 5.88. The van der Waals surface area contributed by atoms with Crippen molar-refractivity contribution in [3.8, 4) is 0 Å². The third kappa shape index (κ3) is 23.2. The van der Waals surface area contributed by atoms with Gasteiger partial charge in [0.05, 0.1) is 66.1 Å². The molecule has 8 heteroatoms. The Morgan fingerprint density at radius 2 is 1.07 bits per heavy atom. The first-order valence-corrected chi connectivity index (χ1v) is 10.1. The van der Waals surface area contributed by atoms with E-state index in [2.05, 4.69) is 6.92 Å². The molecule has 0 aromatic carbocycles. The summed E-state index contributed by atoms with van der Waals surface area (Å²) in [5.41, 5.74) is 5.30. The van der Waals surface area contributed by atoms with E-state index in [1.807, 2.05) is 0 Å². The predicted octanol–water partition coefficient (Wildman–Crippen LogP) is 1.54. The average molecular weight is 394 g/mol. The normalized spacial score (nSPS) is 11.0. The lowest BCUT2D eigenvalue weighted by Crippen LogP contribution is -2.15. The maximum atomic E-state index is 11.4. The van der Waals surface area contributed by atoms with E-state index in [0.29, 0.717) is 85.6 Å². The van der Waals surface area contributed by atoms with E-state index in [4.69, 9.17) is 34.2 Å². The lowest BCUT2D eigenvalue weighted by Gasteiger charge is -2.08. The lowest BCUT2D eigenvalue weighted by molar-refractivity contribution is -0.145. The SMILES string of the molecule is CCCCCCC(=O)OCCOCCOCCOCCOCCOCCN. The summed E-state index contributed by atoms with van der Waals surface area (Å²) in [4.78, 5) is 11.4. The second kappa shape index (κ2) is 23.3. The quantitative estimate of drug-likeness (QED) is 0.218. The summed E-state index contributed by atoms with van der Waals surface area (Å²) < 4.78 is 31.7. The molecule has 0 radical (unpaired) electrons. The van der Waals surface area contributed by atoms with Crippen molar-refractivity contribution in [1.29, 1.82) is 0 Å². The minimum absolute atomic E-state index is 0.143. The molecule has 0 fully saturated rings. The highest BCUT2D eigenvalue weighted by Gasteiger charge is 2.02. The van der Waals surface area contributed by atoms with Crippen LogP contribution in [0.15, 0.2) is 0 Å². The van der Waals surface area contributed by atoms with E-state index in [0.717, 1.165) is 19.3 Å². The van der Waals surface area contributed by atoms with E-state index in [1.54, 1.807) is 0 Å². The van der Waals surface area contributed by atoms with Gasteiger partial charge in [-0.25, -0.2) is 0 Å². The van der Waals surface area contributed by atoms with Crippen molar-refractivity contribution >= 4 is 5.97 Å². The van der Waals surface area contributed by atoms with Gasteiger partial charge in [0.25, 0.3) is 0 Å². The van der Waals surface area contributed by atoms with Gasteiger partial charge in [-0.05, 0) is 6.42 Å². The van der Waals surface area contributed by atoms with Crippen LogP contribution in [0.5, 0.6) is 0 Å². The topological polar surface area (TPSA) is 98.5 Å². The highest BCUT2D eigenvalue weighted by atomic mass is 16.6. The van der Waals surface area contributed by atoms with E-state index in [9.17, 15) is 4.79 Å². The zero-order valence-corrected chi connectivity index (χ0v) is 17.0. The lowest BCUT2D eigenvalue weighted by atomic mass is 10.2. The summed E-state index contributed by atoms with van der Waals surface area (Å²) in [7, 11) is 0. The van der Waals surface area contributed by atoms with Crippen LogP contribution in [0, 0.1) is 0 Å². The van der Waals surface area contributed by atoms with Gasteiger partial charge < -0.3 is 34.2 Å². The van der Waals surface area contributed by atoms with Crippen LogP contribution >= 0.6 is 0 Å². The molecular weight excluding hydrogens is 354 g/mol. The molecule has 0 aliphatic rings. The van der Waals surface area contributed by atoms with Gasteiger partial charge in [0.1, 0.15) is 6.61 Å². The average Bonchev–Trinajstić information content (AvgIpc) is 2.67. The Morgan fingerprint density at radius 1 is 0.630 bits per heavy atom. The van der Waals surface area contributed by atoms with Crippen molar-refractivity contribution in [1.82, 2.24) is 0 Å². The number of rotatable bonds is 22. The molecular formula is C19H39NO7. The minimum Gasteiger partial charge on any atom is -0.463 e. The number of carbonyl (C=O) groups is 1. The van der Waals surface area contributed by atoms with Gasteiger partial charge in [0.2, 0.25) is 0 Å². The Bertz CT molecular complexity index is 306. The maximum Gasteiger partial charge on any atom is 0.305 e. The van der Waals surface area contributed by atoms with E-state index < -0.39 is 0 Å².